The standard InChI is InChI=1S/C28H19F5O8/c1-3-10-37-28(36)14-4-6-15(7-5-14)41-26-13(2)39-18-11-16(8-9-17(18)25(26)35)40-19(34)12-38-27-23(32)21(30)20(29)22(31)24(27)33/h4-9,11H,3,10,12H2,1-2H3. The van der Waals surface area contributed by atoms with E-state index in [1.54, 1.807) is 0 Å². The molecule has 0 bridgehead atoms. The third-order valence-electron chi connectivity index (χ3n) is 5.47. The van der Waals surface area contributed by atoms with E-state index in [-0.39, 0.29) is 40.6 Å². The molecule has 0 amide bonds. The van der Waals surface area contributed by atoms with Gasteiger partial charge in [0.25, 0.3) is 0 Å². The first kappa shape index (κ1) is 29.1. The van der Waals surface area contributed by atoms with E-state index in [1.807, 2.05) is 6.92 Å². The van der Waals surface area contributed by atoms with Crippen LogP contribution in [0.4, 0.5) is 22.0 Å². The fourth-order valence-electron chi connectivity index (χ4n) is 3.51. The number of hydrogen-bond acceptors (Lipinski definition) is 8. The summed E-state index contributed by atoms with van der Waals surface area (Å²) in [5, 5.41) is 0.0443. The molecule has 214 valence electrons. The van der Waals surface area contributed by atoms with Crippen LogP contribution in [0.1, 0.15) is 29.5 Å². The highest BCUT2D eigenvalue weighted by atomic mass is 19.2. The predicted molar refractivity (Wildman–Crippen MR) is 132 cm³/mol. The lowest BCUT2D eigenvalue weighted by Gasteiger charge is -2.11. The highest BCUT2D eigenvalue weighted by molar-refractivity contribution is 5.89. The number of ether oxygens (including phenoxy) is 4. The van der Waals surface area contributed by atoms with Crippen LogP contribution >= 0.6 is 0 Å². The molecule has 0 saturated heterocycles. The maximum Gasteiger partial charge on any atom is 0.349 e. The van der Waals surface area contributed by atoms with E-state index >= 15 is 0 Å². The minimum Gasteiger partial charge on any atom is -0.476 e. The lowest BCUT2D eigenvalue weighted by Crippen LogP contribution is -2.19. The first-order valence-corrected chi connectivity index (χ1v) is 11.9. The molecule has 0 saturated carbocycles. The Balaban J connectivity index is 1.47. The molecule has 0 spiro atoms. The Labute approximate surface area is 227 Å². The van der Waals surface area contributed by atoms with Crippen molar-refractivity contribution < 1.29 is 54.9 Å². The second-order valence-electron chi connectivity index (χ2n) is 8.40. The molecule has 0 N–H and O–H groups in total. The molecule has 3 aromatic carbocycles. The minimum absolute atomic E-state index is 0.0140. The van der Waals surface area contributed by atoms with Crippen LogP contribution in [0.25, 0.3) is 11.0 Å². The van der Waals surface area contributed by atoms with Crippen molar-refractivity contribution >= 4 is 22.9 Å². The number of rotatable bonds is 9. The van der Waals surface area contributed by atoms with Crippen LogP contribution in [0.5, 0.6) is 23.0 Å². The summed E-state index contributed by atoms with van der Waals surface area (Å²) in [5.41, 5.74) is -0.282. The van der Waals surface area contributed by atoms with E-state index in [1.165, 1.54) is 49.4 Å². The van der Waals surface area contributed by atoms with E-state index in [2.05, 4.69) is 4.74 Å². The van der Waals surface area contributed by atoms with Gasteiger partial charge in [0.05, 0.1) is 17.6 Å². The minimum atomic E-state index is -2.38. The Morgan fingerprint density at radius 3 is 2.07 bits per heavy atom. The maximum atomic E-state index is 13.7. The molecule has 1 aromatic heterocycles. The molecule has 0 unspecified atom stereocenters. The Hall–Kier alpha value is -4.94. The average Bonchev–Trinajstić information content (AvgIpc) is 2.96. The van der Waals surface area contributed by atoms with Gasteiger partial charge in [-0.25, -0.2) is 22.8 Å². The third kappa shape index (κ3) is 6.13. The van der Waals surface area contributed by atoms with Crippen molar-refractivity contribution in [2.24, 2.45) is 0 Å². The lowest BCUT2D eigenvalue weighted by molar-refractivity contribution is -0.136. The number of benzene rings is 3. The largest absolute Gasteiger partial charge is 0.476 e. The van der Waals surface area contributed by atoms with E-state index in [4.69, 9.17) is 18.6 Å². The molecular weight excluding hydrogens is 559 g/mol. The number of aryl methyl sites for hydroxylation is 1. The van der Waals surface area contributed by atoms with Crippen LogP contribution < -0.4 is 19.6 Å². The lowest BCUT2D eigenvalue weighted by atomic mass is 10.2. The summed E-state index contributed by atoms with van der Waals surface area (Å²) in [6.45, 7) is 2.38. The Morgan fingerprint density at radius 1 is 0.829 bits per heavy atom. The number of fused-ring (bicyclic) bond motifs is 1. The molecule has 1 heterocycles. The molecule has 8 nitrogen and oxygen atoms in total. The maximum absolute atomic E-state index is 13.7. The Bertz CT molecular complexity index is 1670. The van der Waals surface area contributed by atoms with Gasteiger partial charge in [-0.15, -0.1) is 0 Å². The van der Waals surface area contributed by atoms with Crippen LogP contribution in [0.2, 0.25) is 0 Å². The molecule has 13 heteroatoms. The van der Waals surface area contributed by atoms with Gasteiger partial charge in [-0.05, 0) is 49.7 Å². The van der Waals surface area contributed by atoms with Crippen molar-refractivity contribution in [3.63, 3.8) is 0 Å². The van der Waals surface area contributed by atoms with Crippen LogP contribution in [0.3, 0.4) is 0 Å². The number of esters is 2. The molecule has 4 aromatic rings. The number of halogens is 5. The van der Waals surface area contributed by atoms with E-state index in [0.717, 1.165) is 0 Å². The van der Waals surface area contributed by atoms with Gasteiger partial charge in [0.1, 0.15) is 22.8 Å². The quantitative estimate of drug-likeness (QED) is 0.0768. The molecule has 0 aliphatic heterocycles. The molecule has 0 aliphatic rings. The van der Waals surface area contributed by atoms with E-state index in [9.17, 15) is 36.3 Å². The van der Waals surface area contributed by atoms with E-state index < -0.39 is 58.8 Å². The normalized spacial score (nSPS) is 10.9. The van der Waals surface area contributed by atoms with Crippen molar-refractivity contribution in [2.75, 3.05) is 13.2 Å². The van der Waals surface area contributed by atoms with Gasteiger partial charge in [0.2, 0.25) is 40.3 Å². The fraction of sp³-hybridized carbons (Fsp3) is 0.179. The zero-order valence-corrected chi connectivity index (χ0v) is 21.3. The summed E-state index contributed by atoms with van der Waals surface area (Å²) in [6, 6.07) is 9.52. The first-order valence-electron chi connectivity index (χ1n) is 11.9. The summed E-state index contributed by atoms with van der Waals surface area (Å²) in [7, 11) is 0. The van der Waals surface area contributed by atoms with Crippen molar-refractivity contribution in [3.8, 4) is 23.0 Å². The first-order chi connectivity index (χ1) is 19.5. The average molecular weight is 578 g/mol. The highest BCUT2D eigenvalue weighted by Crippen LogP contribution is 2.30. The van der Waals surface area contributed by atoms with Crippen molar-refractivity contribution in [1.29, 1.82) is 0 Å². The Kier molecular flexibility index (Phi) is 8.55. The summed E-state index contributed by atoms with van der Waals surface area (Å²) < 4.78 is 93.0. The molecule has 41 heavy (non-hydrogen) atoms. The second-order valence-corrected chi connectivity index (χ2v) is 8.40. The topological polar surface area (TPSA) is 101 Å². The van der Waals surface area contributed by atoms with Crippen molar-refractivity contribution in [1.82, 2.24) is 0 Å². The SMILES string of the molecule is CCCOC(=O)c1ccc(Oc2c(C)oc3cc(OC(=O)COc4c(F)c(F)c(F)c(F)c4F)ccc3c2=O)cc1. The summed E-state index contributed by atoms with van der Waals surface area (Å²) in [6.07, 6.45) is 0.673. The van der Waals surface area contributed by atoms with Crippen LogP contribution in [-0.4, -0.2) is 25.2 Å². The van der Waals surface area contributed by atoms with Crippen LogP contribution in [0.15, 0.2) is 51.7 Å². The van der Waals surface area contributed by atoms with Gasteiger partial charge in [-0.3, -0.25) is 4.79 Å². The fourth-order valence-corrected chi connectivity index (χ4v) is 3.51. The van der Waals surface area contributed by atoms with Crippen molar-refractivity contribution in [3.05, 3.63) is 93.1 Å². The smallest absolute Gasteiger partial charge is 0.349 e. The van der Waals surface area contributed by atoms with Crippen LogP contribution in [0, 0.1) is 36.0 Å². The summed E-state index contributed by atoms with van der Waals surface area (Å²) >= 11 is 0. The second kappa shape index (κ2) is 12.1. The van der Waals surface area contributed by atoms with Gasteiger partial charge >= 0.3 is 11.9 Å². The van der Waals surface area contributed by atoms with E-state index in [0.29, 0.717) is 12.0 Å². The third-order valence-corrected chi connectivity index (χ3v) is 5.47. The summed E-state index contributed by atoms with van der Waals surface area (Å²) in [4.78, 5) is 37.1. The Morgan fingerprint density at radius 2 is 1.44 bits per heavy atom. The zero-order chi connectivity index (χ0) is 29.8. The zero-order valence-electron chi connectivity index (χ0n) is 21.3. The van der Waals surface area contributed by atoms with Gasteiger partial charge in [0, 0.05) is 6.07 Å². The number of hydrogen-bond donors (Lipinski definition) is 0. The molecule has 0 fully saturated rings. The highest BCUT2D eigenvalue weighted by Gasteiger charge is 2.27. The van der Waals surface area contributed by atoms with Gasteiger partial charge < -0.3 is 23.4 Å². The molecule has 0 aliphatic carbocycles. The summed E-state index contributed by atoms with van der Waals surface area (Å²) in [5.74, 6) is -14.8. The number of carbonyl (C=O) groups excluding carboxylic acids is 2. The van der Waals surface area contributed by atoms with Crippen LogP contribution in [-0.2, 0) is 9.53 Å². The molecule has 4 rings (SSSR count). The predicted octanol–water partition coefficient (Wildman–Crippen LogP) is 6.14. The molecule has 0 atom stereocenters. The number of carbonyl (C=O) groups is 2. The van der Waals surface area contributed by atoms with Gasteiger partial charge in [0.15, 0.2) is 12.4 Å². The van der Waals surface area contributed by atoms with Gasteiger partial charge in [-0.2, -0.15) is 8.78 Å². The molecular formula is C28H19F5O8. The molecule has 0 radical (unpaired) electrons. The monoisotopic (exact) mass is 578 g/mol. The van der Waals surface area contributed by atoms with Gasteiger partial charge in [-0.1, -0.05) is 6.92 Å². The van der Waals surface area contributed by atoms with Crippen molar-refractivity contribution in [2.45, 2.75) is 20.3 Å².